The SMILES string of the molecule is O=C(COc1ccc(Cl)cc1Cl)N/N=C\c1ccccc1[N+](=O)[O-]. The van der Waals surface area contributed by atoms with Crippen molar-refractivity contribution >= 4 is 41.0 Å². The molecule has 24 heavy (non-hydrogen) atoms. The van der Waals surface area contributed by atoms with Crippen molar-refractivity contribution in [3.8, 4) is 5.75 Å². The molecular weight excluding hydrogens is 357 g/mol. The molecule has 2 rings (SSSR count). The van der Waals surface area contributed by atoms with E-state index in [1.54, 1.807) is 12.1 Å². The fraction of sp³-hybridized carbons (Fsp3) is 0.0667. The third-order valence-corrected chi connectivity index (χ3v) is 3.31. The second kappa shape index (κ2) is 8.28. The van der Waals surface area contributed by atoms with Crippen LogP contribution in [0.15, 0.2) is 47.6 Å². The van der Waals surface area contributed by atoms with E-state index in [0.29, 0.717) is 10.8 Å². The zero-order valence-corrected chi connectivity index (χ0v) is 13.6. The highest BCUT2D eigenvalue weighted by atomic mass is 35.5. The van der Waals surface area contributed by atoms with Gasteiger partial charge in [-0.05, 0) is 24.3 Å². The number of amides is 1. The third-order valence-electron chi connectivity index (χ3n) is 2.78. The Hall–Kier alpha value is -2.64. The first-order valence-corrected chi connectivity index (χ1v) is 7.36. The summed E-state index contributed by atoms with van der Waals surface area (Å²) in [7, 11) is 0. The normalized spacial score (nSPS) is 10.6. The lowest BCUT2D eigenvalue weighted by molar-refractivity contribution is -0.385. The maximum absolute atomic E-state index is 11.7. The summed E-state index contributed by atoms with van der Waals surface area (Å²) >= 11 is 11.7. The van der Waals surface area contributed by atoms with E-state index in [1.165, 1.54) is 36.5 Å². The molecule has 2 aromatic carbocycles. The van der Waals surface area contributed by atoms with Crippen LogP contribution < -0.4 is 10.2 Å². The van der Waals surface area contributed by atoms with Crippen LogP contribution in [0.25, 0.3) is 0 Å². The predicted molar refractivity (Wildman–Crippen MR) is 90.8 cm³/mol. The summed E-state index contributed by atoms with van der Waals surface area (Å²) in [6, 6.07) is 10.6. The zero-order valence-electron chi connectivity index (χ0n) is 12.1. The number of nitro groups is 1. The minimum atomic E-state index is -0.546. The maximum Gasteiger partial charge on any atom is 0.278 e. The number of nitrogens with zero attached hydrogens (tertiary/aromatic N) is 2. The Morgan fingerprint density at radius 1 is 1.29 bits per heavy atom. The van der Waals surface area contributed by atoms with E-state index in [-0.39, 0.29) is 22.9 Å². The third kappa shape index (κ3) is 4.94. The number of carbonyl (C=O) groups is 1. The number of rotatable bonds is 6. The van der Waals surface area contributed by atoms with Crippen LogP contribution in [0.4, 0.5) is 5.69 Å². The molecule has 7 nitrogen and oxygen atoms in total. The minimum absolute atomic E-state index is 0.111. The molecule has 0 unspecified atom stereocenters. The number of halogens is 2. The molecule has 0 aliphatic rings. The molecule has 2 aromatic rings. The van der Waals surface area contributed by atoms with E-state index >= 15 is 0 Å². The summed E-state index contributed by atoms with van der Waals surface area (Å²) in [5.41, 5.74) is 2.37. The molecule has 124 valence electrons. The van der Waals surface area contributed by atoms with Gasteiger partial charge in [0.15, 0.2) is 6.61 Å². The van der Waals surface area contributed by atoms with E-state index in [4.69, 9.17) is 27.9 Å². The molecule has 0 saturated heterocycles. The number of para-hydroxylation sites is 1. The molecule has 0 spiro atoms. The Morgan fingerprint density at radius 2 is 2.04 bits per heavy atom. The number of benzene rings is 2. The van der Waals surface area contributed by atoms with Gasteiger partial charge in [0.05, 0.1) is 21.7 Å². The molecule has 0 atom stereocenters. The summed E-state index contributed by atoms with van der Waals surface area (Å²) in [6.07, 6.45) is 1.19. The second-order valence-electron chi connectivity index (χ2n) is 4.47. The number of ether oxygens (including phenoxy) is 1. The zero-order chi connectivity index (χ0) is 17.5. The highest BCUT2D eigenvalue weighted by Gasteiger charge is 2.10. The number of hydrazone groups is 1. The molecule has 0 fully saturated rings. The number of nitrogens with one attached hydrogen (secondary N) is 1. The van der Waals surface area contributed by atoms with Crippen molar-refractivity contribution in [1.29, 1.82) is 0 Å². The van der Waals surface area contributed by atoms with E-state index in [1.807, 2.05) is 0 Å². The van der Waals surface area contributed by atoms with Crippen LogP contribution >= 0.6 is 23.2 Å². The first-order chi connectivity index (χ1) is 11.5. The van der Waals surface area contributed by atoms with Gasteiger partial charge < -0.3 is 4.74 Å². The predicted octanol–water partition coefficient (Wildman–Crippen LogP) is 3.43. The van der Waals surface area contributed by atoms with Crippen molar-refractivity contribution in [3.63, 3.8) is 0 Å². The largest absolute Gasteiger partial charge is 0.482 e. The lowest BCUT2D eigenvalue weighted by atomic mass is 10.2. The Kier molecular flexibility index (Phi) is 6.11. The smallest absolute Gasteiger partial charge is 0.278 e. The van der Waals surface area contributed by atoms with Gasteiger partial charge in [-0.1, -0.05) is 35.3 Å². The van der Waals surface area contributed by atoms with E-state index < -0.39 is 10.8 Å². The molecule has 0 radical (unpaired) electrons. The van der Waals surface area contributed by atoms with Crippen LogP contribution in [0.3, 0.4) is 0 Å². The monoisotopic (exact) mass is 367 g/mol. The first-order valence-electron chi connectivity index (χ1n) is 6.60. The van der Waals surface area contributed by atoms with Crippen molar-refractivity contribution in [3.05, 3.63) is 68.2 Å². The van der Waals surface area contributed by atoms with Crippen LogP contribution in [-0.2, 0) is 4.79 Å². The van der Waals surface area contributed by atoms with Gasteiger partial charge in [0.25, 0.3) is 11.6 Å². The Bertz CT molecular complexity index is 796. The van der Waals surface area contributed by atoms with Crippen LogP contribution in [-0.4, -0.2) is 23.7 Å². The number of carbonyl (C=O) groups excluding carboxylic acids is 1. The molecule has 0 aromatic heterocycles. The molecule has 0 saturated carbocycles. The average molecular weight is 368 g/mol. The summed E-state index contributed by atoms with van der Waals surface area (Å²) < 4.78 is 5.23. The molecular formula is C15H11Cl2N3O4. The van der Waals surface area contributed by atoms with Crippen molar-refractivity contribution in [2.45, 2.75) is 0 Å². The molecule has 9 heteroatoms. The topological polar surface area (TPSA) is 93.8 Å². The van der Waals surface area contributed by atoms with E-state index in [2.05, 4.69) is 10.5 Å². The Morgan fingerprint density at radius 3 is 2.75 bits per heavy atom. The minimum Gasteiger partial charge on any atom is -0.482 e. The summed E-state index contributed by atoms with van der Waals surface area (Å²) in [4.78, 5) is 22.0. The Balaban J connectivity index is 1.90. The van der Waals surface area contributed by atoms with Gasteiger partial charge >= 0.3 is 0 Å². The number of nitro benzene ring substituents is 1. The molecule has 0 bridgehead atoms. The second-order valence-corrected chi connectivity index (χ2v) is 5.32. The van der Waals surface area contributed by atoms with Crippen LogP contribution in [0.5, 0.6) is 5.75 Å². The van der Waals surface area contributed by atoms with Gasteiger partial charge in [-0.15, -0.1) is 0 Å². The van der Waals surface area contributed by atoms with Gasteiger partial charge in [0, 0.05) is 11.1 Å². The van der Waals surface area contributed by atoms with Gasteiger partial charge in [-0.3, -0.25) is 14.9 Å². The average Bonchev–Trinajstić information content (AvgIpc) is 2.54. The van der Waals surface area contributed by atoms with Crippen molar-refractivity contribution in [1.82, 2.24) is 5.43 Å². The Labute approximate surface area is 147 Å². The lowest BCUT2D eigenvalue weighted by Gasteiger charge is -2.06. The van der Waals surface area contributed by atoms with Crippen LogP contribution in [0, 0.1) is 10.1 Å². The standard InChI is InChI=1S/C15H11Cl2N3O4/c16-11-5-6-14(12(17)7-11)24-9-15(21)19-18-8-10-3-1-2-4-13(10)20(22)23/h1-8H,9H2,(H,19,21)/b18-8-. The fourth-order valence-corrected chi connectivity index (χ4v) is 2.17. The molecule has 0 aliphatic carbocycles. The summed E-state index contributed by atoms with van der Waals surface area (Å²) in [5.74, 6) is -0.241. The summed E-state index contributed by atoms with van der Waals surface area (Å²) in [6.45, 7) is -0.324. The molecule has 0 aliphatic heterocycles. The fourth-order valence-electron chi connectivity index (χ4n) is 1.70. The number of hydrogen-bond acceptors (Lipinski definition) is 5. The quantitative estimate of drug-likeness (QED) is 0.480. The van der Waals surface area contributed by atoms with Gasteiger partial charge in [-0.2, -0.15) is 5.10 Å². The van der Waals surface area contributed by atoms with E-state index in [0.717, 1.165) is 0 Å². The van der Waals surface area contributed by atoms with E-state index in [9.17, 15) is 14.9 Å². The van der Waals surface area contributed by atoms with Crippen LogP contribution in [0.2, 0.25) is 10.0 Å². The molecule has 0 heterocycles. The van der Waals surface area contributed by atoms with Crippen molar-refractivity contribution in [2.24, 2.45) is 5.10 Å². The van der Waals surface area contributed by atoms with Crippen LogP contribution in [0.1, 0.15) is 5.56 Å². The lowest BCUT2D eigenvalue weighted by Crippen LogP contribution is -2.24. The highest BCUT2D eigenvalue weighted by molar-refractivity contribution is 6.35. The maximum atomic E-state index is 11.7. The molecule has 1 amide bonds. The van der Waals surface area contributed by atoms with Gasteiger partial charge in [-0.25, -0.2) is 5.43 Å². The van der Waals surface area contributed by atoms with Crippen molar-refractivity contribution in [2.75, 3.05) is 6.61 Å². The van der Waals surface area contributed by atoms with Gasteiger partial charge in [0.2, 0.25) is 0 Å². The molecule has 1 N–H and O–H groups in total. The van der Waals surface area contributed by atoms with Crippen molar-refractivity contribution < 1.29 is 14.5 Å². The first kappa shape index (κ1) is 17.7. The highest BCUT2D eigenvalue weighted by Crippen LogP contribution is 2.27. The number of hydrogen-bond donors (Lipinski definition) is 1. The van der Waals surface area contributed by atoms with Gasteiger partial charge in [0.1, 0.15) is 5.75 Å². The summed E-state index contributed by atoms with van der Waals surface area (Å²) in [5, 5.41) is 15.2.